The molecular weight excluding hydrogens is 300 g/mol. The van der Waals surface area contributed by atoms with Gasteiger partial charge in [-0.3, -0.25) is 9.69 Å². The standard InChI is InChI=1S/C16H19ClN4O/c1-12(13-5-3-2-4-6-13)20-7-9-21(10-8-20)14-11-18-19-16(22)15(14)17/h2-6,11-12H,7-10H2,1H3,(H,19,22)/t12-/m0/s1. The van der Waals surface area contributed by atoms with E-state index in [4.69, 9.17) is 11.6 Å². The second-order valence-corrected chi connectivity index (χ2v) is 5.89. The van der Waals surface area contributed by atoms with Crippen molar-refractivity contribution in [3.63, 3.8) is 0 Å². The van der Waals surface area contributed by atoms with Crippen molar-refractivity contribution >= 4 is 17.3 Å². The maximum atomic E-state index is 11.6. The minimum Gasteiger partial charge on any atom is -0.366 e. The van der Waals surface area contributed by atoms with Gasteiger partial charge in [0.1, 0.15) is 5.02 Å². The molecule has 2 aromatic rings. The molecule has 1 aliphatic heterocycles. The van der Waals surface area contributed by atoms with Gasteiger partial charge in [-0.25, -0.2) is 5.10 Å². The predicted molar refractivity (Wildman–Crippen MR) is 88.5 cm³/mol. The molecular formula is C16H19ClN4O. The highest BCUT2D eigenvalue weighted by molar-refractivity contribution is 6.32. The number of anilines is 1. The number of nitrogens with zero attached hydrogens (tertiary/aromatic N) is 3. The number of benzene rings is 1. The van der Waals surface area contributed by atoms with Crippen LogP contribution in [-0.2, 0) is 0 Å². The van der Waals surface area contributed by atoms with Crippen LogP contribution in [0.3, 0.4) is 0 Å². The topological polar surface area (TPSA) is 52.2 Å². The van der Waals surface area contributed by atoms with Gasteiger partial charge in [-0.05, 0) is 12.5 Å². The number of nitrogens with one attached hydrogen (secondary N) is 1. The van der Waals surface area contributed by atoms with Crippen LogP contribution in [0.5, 0.6) is 0 Å². The normalized spacial score (nSPS) is 17.5. The molecule has 116 valence electrons. The van der Waals surface area contributed by atoms with Crippen molar-refractivity contribution in [2.45, 2.75) is 13.0 Å². The quantitative estimate of drug-likeness (QED) is 0.943. The van der Waals surface area contributed by atoms with Crippen molar-refractivity contribution < 1.29 is 0 Å². The van der Waals surface area contributed by atoms with Crippen LogP contribution in [0.2, 0.25) is 5.02 Å². The van der Waals surface area contributed by atoms with Crippen LogP contribution in [0.1, 0.15) is 18.5 Å². The van der Waals surface area contributed by atoms with E-state index in [0.717, 1.165) is 31.9 Å². The number of rotatable bonds is 3. The van der Waals surface area contributed by atoms with Gasteiger partial charge < -0.3 is 4.90 Å². The predicted octanol–water partition coefficient (Wildman–Crippen LogP) is 2.31. The average molecular weight is 319 g/mol. The number of aromatic amines is 1. The molecule has 1 fully saturated rings. The highest BCUT2D eigenvalue weighted by atomic mass is 35.5. The Balaban J connectivity index is 1.68. The van der Waals surface area contributed by atoms with Gasteiger partial charge in [0.25, 0.3) is 5.56 Å². The van der Waals surface area contributed by atoms with Crippen LogP contribution >= 0.6 is 11.6 Å². The molecule has 3 rings (SSSR count). The Morgan fingerprint density at radius 1 is 1.18 bits per heavy atom. The Bertz CT molecular complexity index is 680. The summed E-state index contributed by atoms with van der Waals surface area (Å²) < 4.78 is 0. The average Bonchev–Trinajstić information content (AvgIpc) is 2.58. The van der Waals surface area contributed by atoms with E-state index in [2.05, 4.69) is 51.2 Å². The summed E-state index contributed by atoms with van der Waals surface area (Å²) in [6.07, 6.45) is 1.63. The Hall–Kier alpha value is -1.85. The van der Waals surface area contributed by atoms with Crippen molar-refractivity contribution in [2.75, 3.05) is 31.1 Å². The Morgan fingerprint density at radius 2 is 1.86 bits per heavy atom. The largest absolute Gasteiger partial charge is 0.366 e. The number of hydrogen-bond donors (Lipinski definition) is 1. The SMILES string of the molecule is C[C@@H](c1ccccc1)N1CCN(c2cn[nH]c(=O)c2Cl)CC1. The van der Waals surface area contributed by atoms with Crippen LogP contribution < -0.4 is 10.5 Å². The molecule has 5 nitrogen and oxygen atoms in total. The van der Waals surface area contributed by atoms with E-state index in [1.807, 2.05) is 6.07 Å². The molecule has 0 spiro atoms. The maximum absolute atomic E-state index is 11.6. The Kier molecular flexibility index (Phi) is 4.45. The zero-order valence-corrected chi connectivity index (χ0v) is 13.3. The van der Waals surface area contributed by atoms with Crippen molar-refractivity contribution in [3.05, 3.63) is 57.5 Å². The molecule has 0 saturated carbocycles. The molecule has 1 aromatic heterocycles. The van der Waals surface area contributed by atoms with Crippen LogP contribution in [0.4, 0.5) is 5.69 Å². The Morgan fingerprint density at radius 3 is 2.55 bits per heavy atom. The van der Waals surface area contributed by atoms with E-state index >= 15 is 0 Å². The molecule has 0 radical (unpaired) electrons. The second kappa shape index (κ2) is 6.50. The van der Waals surface area contributed by atoms with Gasteiger partial charge >= 0.3 is 0 Å². The monoisotopic (exact) mass is 318 g/mol. The molecule has 0 aliphatic carbocycles. The minimum absolute atomic E-state index is 0.222. The lowest BCUT2D eigenvalue weighted by atomic mass is 10.1. The van der Waals surface area contributed by atoms with Crippen LogP contribution in [0.25, 0.3) is 0 Å². The van der Waals surface area contributed by atoms with E-state index < -0.39 is 0 Å². The summed E-state index contributed by atoms with van der Waals surface area (Å²) >= 11 is 6.08. The lowest BCUT2D eigenvalue weighted by Crippen LogP contribution is -2.47. The first-order valence-corrected chi connectivity index (χ1v) is 7.81. The fraction of sp³-hybridized carbons (Fsp3) is 0.375. The molecule has 22 heavy (non-hydrogen) atoms. The molecule has 1 N–H and O–H groups in total. The number of hydrogen-bond acceptors (Lipinski definition) is 4. The van der Waals surface area contributed by atoms with E-state index in [1.165, 1.54) is 5.56 Å². The van der Waals surface area contributed by atoms with Crippen molar-refractivity contribution in [2.24, 2.45) is 0 Å². The third kappa shape index (κ3) is 3.00. The summed E-state index contributed by atoms with van der Waals surface area (Å²) in [4.78, 5) is 16.1. The molecule has 0 bridgehead atoms. The van der Waals surface area contributed by atoms with Gasteiger partial charge in [0.2, 0.25) is 0 Å². The first kappa shape index (κ1) is 15.1. The molecule has 2 heterocycles. The van der Waals surface area contributed by atoms with Gasteiger partial charge in [0.15, 0.2) is 0 Å². The van der Waals surface area contributed by atoms with E-state index in [-0.39, 0.29) is 10.6 Å². The Labute approximate surface area is 134 Å². The molecule has 1 aromatic carbocycles. The van der Waals surface area contributed by atoms with Crippen LogP contribution in [-0.4, -0.2) is 41.3 Å². The van der Waals surface area contributed by atoms with E-state index in [1.54, 1.807) is 6.20 Å². The fourth-order valence-electron chi connectivity index (χ4n) is 2.89. The van der Waals surface area contributed by atoms with E-state index in [0.29, 0.717) is 6.04 Å². The lowest BCUT2D eigenvalue weighted by Gasteiger charge is -2.39. The lowest BCUT2D eigenvalue weighted by molar-refractivity contribution is 0.198. The zero-order valence-electron chi connectivity index (χ0n) is 12.5. The maximum Gasteiger partial charge on any atom is 0.285 e. The number of H-pyrrole nitrogens is 1. The minimum atomic E-state index is -0.334. The summed E-state index contributed by atoms with van der Waals surface area (Å²) in [5.74, 6) is 0. The fourth-order valence-corrected chi connectivity index (χ4v) is 3.10. The number of halogens is 1. The van der Waals surface area contributed by atoms with Gasteiger partial charge in [0, 0.05) is 32.2 Å². The summed E-state index contributed by atoms with van der Waals surface area (Å²) in [7, 11) is 0. The van der Waals surface area contributed by atoms with Gasteiger partial charge in [-0.15, -0.1) is 0 Å². The highest BCUT2D eigenvalue weighted by Crippen LogP contribution is 2.25. The summed E-state index contributed by atoms with van der Waals surface area (Å²) in [5, 5.41) is 6.42. The summed E-state index contributed by atoms with van der Waals surface area (Å²) in [6, 6.07) is 10.9. The number of aromatic nitrogens is 2. The third-order valence-electron chi connectivity index (χ3n) is 4.26. The van der Waals surface area contributed by atoms with Crippen LogP contribution in [0, 0.1) is 0 Å². The first-order valence-electron chi connectivity index (χ1n) is 7.44. The summed E-state index contributed by atoms with van der Waals surface area (Å²) in [6.45, 7) is 5.76. The van der Waals surface area contributed by atoms with Crippen LogP contribution in [0.15, 0.2) is 41.3 Å². The molecule has 1 atom stereocenters. The second-order valence-electron chi connectivity index (χ2n) is 5.51. The van der Waals surface area contributed by atoms with Crippen molar-refractivity contribution in [1.29, 1.82) is 0 Å². The zero-order chi connectivity index (χ0) is 15.5. The van der Waals surface area contributed by atoms with Gasteiger partial charge in [-0.2, -0.15) is 5.10 Å². The van der Waals surface area contributed by atoms with Crippen molar-refractivity contribution in [3.8, 4) is 0 Å². The van der Waals surface area contributed by atoms with E-state index in [9.17, 15) is 4.79 Å². The molecule has 1 aliphatic rings. The van der Waals surface area contributed by atoms with Gasteiger partial charge in [0.05, 0.1) is 11.9 Å². The highest BCUT2D eigenvalue weighted by Gasteiger charge is 2.23. The van der Waals surface area contributed by atoms with Gasteiger partial charge in [-0.1, -0.05) is 41.9 Å². The number of piperazine rings is 1. The smallest absolute Gasteiger partial charge is 0.285 e. The molecule has 0 amide bonds. The first-order chi connectivity index (χ1) is 10.7. The molecule has 1 saturated heterocycles. The molecule has 0 unspecified atom stereocenters. The molecule has 6 heteroatoms. The third-order valence-corrected chi connectivity index (χ3v) is 4.63. The van der Waals surface area contributed by atoms with Crippen molar-refractivity contribution in [1.82, 2.24) is 15.1 Å². The summed E-state index contributed by atoms with van der Waals surface area (Å²) in [5.41, 5.74) is 1.71.